The monoisotopic (exact) mass is 192 g/mol. The summed E-state index contributed by atoms with van der Waals surface area (Å²) in [6.45, 7) is 0.702. The van der Waals surface area contributed by atoms with Gasteiger partial charge in [0.25, 0.3) is 0 Å². The molecule has 0 saturated carbocycles. The summed E-state index contributed by atoms with van der Waals surface area (Å²) in [5.41, 5.74) is 0.704. The Morgan fingerprint density at radius 2 is 2.50 bits per heavy atom. The summed E-state index contributed by atoms with van der Waals surface area (Å²) in [5.74, 6) is -1.00. The van der Waals surface area contributed by atoms with Crippen molar-refractivity contribution in [2.24, 2.45) is 0 Å². The van der Waals surface area contributed by atoms with Gasteiger partial charge in [0, 0.05) is 18.3 Å². The van der Waals surface area contributed by atoms with Crippen molar-refractivity contribution in [1.82, 2.24) is 10.3 Å². The second kappa shape index (κ2) is 5.14. The lowest BCUT2D eigenvalue weighted by Gasteiger charge is -1.98. The molecule has 0 unspecified atom stereocenters. The molecule has 0 saturated heterocycles. The molecular weight excluding hydrogens is 180 g/mol. The number of likely N-dealkylation sites (N-methyl/N-ethyl adjacent to an activating group) is 1. The van der Waals surface area contributed by atoms with E-state index in [0.717, 1.165) is 0 Å². The molecule has 14 heavy (non-hydrogen) atoms. The number of pyridine rings is 1. The van der Waals surface area contributed by atoms with E-state index in [2.05, 4.69) is 10.3 Å². The summed E-state index contributed by atoms with van der Waals surface area (Å²) in [5, 5.41) is 11.7. The van der Waals surface area contributed by atoms with Gasteiger partial charge in [-0.05, 0) is 13.1 Å². The summed E-state index contributed by atoms with van der Waals surface area (Å²) in [7, 11) is 1.83. The highest BCUT2D eigenvalue weighted by atomic mass is 16.4. The van der Waals surface area contributed by atoms with Crippen LogP contribution in [0.5, 0.6) is 0 Å². The maximum atomic E-state index is 10.7. The summed E-state index contributed by atoms with van der Waals surface area (Å²) in [6, 6.07) is 3.44. The molecule has 0 atom stereocenters. The largest absolute Gasteiger partial charge is 0.476 e. The number of nitrogens with one attached hydrogen (secondary N) is 1. The number of aromatic nitrogens is 1. The summed E-state index contributed by atoms with van der Waals surface area (Å²) >= 11 is 0. The maximum absolute atomic E-state index is 10.7. The number of hydrogen-bond donors (Lipinski definition) is 2. The van der Waals surface area contributed by atoms with Gasteiger partial charge >= 0.3 is 5.97 Å². The van der Waals surface area contributed by atoms with Gasteiger partial charge in [0.05, 0.1) is 0 Å². The van der Waals surface area contributed by atoms with Gasteiger partial charge in [0.15, 0.2) is 5.69 Å². The summed E-state index contributed by atoms with van der Waals surface area (Å²) < 4.78 is 0. The van der Waals surface area contributed by atoms with Crippen LogP contribution < -0.4 is 5.32 Å². The van der Waals surface area contributed by atoms with Gasteiger partial charge in [0.1, 0.15) is 0 Å². The van der Waals surface area contributed by atoms with Gasteiger partial charge in [-0.15, -0.1) is 0 Å². The Balaban J connectivity index is 2.90. The highest BCUT2D eigenvalue weighted by Crippen LogP contribution is 2.06. The molecule has 0 aromatic carbocycles. The fourth-order valence-electron chi connectivity index (χ4n) is 1.03. The molecule has 0 fully saturated rings. The average Bonchev–Trinajstić information content (AvgIpc) is 2.19. The Labute approximate surface area is 82.3 Å². The minimum Gasteiger partial charge on any atom is -0.476 e. The molecule has 4 nitrogen and oxygen atoms in total. The molecular formula is C10H12N2O2. The van der Waals surface area contributed by atoms with Crippen LogP contribution in [-0.2, 0) is 0 Å². The third kappa shape index (κ3) is 2.67. The minimum absolute atomic E-state index is 0.0832. The molecule has 0 bridgehead atoms. The van der Waals surface area contributed by atoms with E-state index < -0.39 is 5.97 Å². The first-order valence-corrected chi connectivity index (χ1v) is 4.25. The smallest absolute Gasteiger partial charge is 0.355 e. The lowest BCUT2D eigenvalue weighted by atomic mass is 10.2. The van der Waals surface area contributed by atoms with Crippen LogP contribution in [0.3, 0.4) is 0 Å². The van der Waals surface area contributed by atoms with Crippen molar-refractivity contribution in [2.45, 2.75) is 0 Å². The molecule has 0 amide bonds. The minimum atomic E-state index is -1.00. The fourth-order valence-corrected chi connectivity index (χ4v) is 1.03. The molecule has 1 heterocycles. The third-order valence-corrected chi connectivity index (χ3v) is 1.66. The molecule has 4 heteroatoms. The molecule has 0 radical (unpaired) electrons. The maximum Gasteiger partial charge on any atom is 0.355 e. The van der Waals surface area contributed by atoms with Crippen molar-refractivity contribution in [2.75, 3.05) is 13.6 Å². The predicted octanol–water partition coefficient (Wildman–Crippen LogP) is 1.01. The van der Waals surface area contributed by atoms with Gasteiger partial charge < -0.3 is 10.4 Å². The zero-order valence-corrected chi connectivity index (χ0v) is 7.90. The Morgan fingerprint density at radius 3 is 3.14 bits per heavy atom. The number of carboxylic acid groups (broad SMARTS) is 1. The number of aromatic carboxylic acids is 1. The van der Waals surface area contributed by atoms with Gasteiger partial charge in [-0.25, -0.2) is 9.78 Å². The quantitative estimate of drug-likeness (QED) is 0.747. The second-order valence-corrected chi connectivity index (χ2v) is 2.71. The molecule has 1 rings (SSSR count). The topological polar surface area (TPSA) is 62.2 Å². The molecule has 1 aromatic rings. The zero-order valence-electron chi connectivity index (χ0n) is 7.90. The normalized spacial score (nSPS) is 10.6. The van der Waals surface area contributed by atoms with Crippen LogP contribution in [0.4, 0.5) is 0 Å². The lowest BCUT2D eigenvalue weighted by Crippen LogP contribution is -2.05. The van der Waals surface area contributed by atoms with Gasteiger partial charge in [0.2, 0.25) is 0 Å². The molecule has 1 aromatic heterocycles. The SMILES string of the molecule is CNCC=Cc1cccnc1C(=O)O. The van der Waals surface area contributed by atoms with Crippen LogP contribution in [-0.4, -0.2) is 29.7 Å². The van der Waals surface area contributed by atoms with Gasteiger partial charge in [-0.3, -0.25) is 0 Å². The molecule has 0 aliphatic heterocycles. The van der Waals surface area contributed by atoms with E-state index in [0.29, 0.717) is 12.1 Å². The molecule has 74 valence electrons. The number of carbonyl (C=O) groups is 1. The number of rotatable bonds is 4. The zero-order chi connectivity index (χ0) is 10.4. The summed E-state index contributed by atoms with van der Waals surface area (Å²) in [6.07, 6.45) is 5.06. The molecule has 0 aliphatic rings. The number of hydrogen-bond acceptors (Lipinski definition) is 3. The molecule has 0 aliphatic carbocycles. The lowest BCUT2D eigenvalue weighted by molar-refractivity contribution is 0.0690. The van der Waals surface area contributed by atoms with Crippen LogP contribution in [0, 0.1) is 0 Å². The third-order valence-electron chi connectivity index (χ3n) is 1.66. The average molecular weight is 192 g/mol. The van der Waals surface area contributed by atoms with Crippen LogP contribution in [0.1, 0.15) is 16.1 Å². The summed E-state index contributed by atoms with van der Waals surface area (Å²) in [4.78, 5) is 14.5. The van der Waals surface area contributed by atoms with E-state index in [1.165, 1.54) is 6.20 Å². The van der Waals surface area contributed by atoms with Crippen molar-refractivity contribution < 1.29 is 9.90 Å². The van der Waals surface area contributed by atoms with Crippen molar-refractivity contribution in [3.63, 3.8) is 0 Å². The predicted molar refractivity (Wildman–Crippen MR) is 54.2 cm³/mol. The Bertz CT molecular complexity index is 348. The molecule has 0 spiro atoms. The van der Waals surface area contributed by atoms with E-state index in [1.54, 1.807) is 18.2 Å². The van der Waals surface area contributed by atoms with Gasteiger partial charge in [-0.1, -0.05) is 18.2 Å². The highest BCUT2D eigenvalue weighted by molar-refractivity contribution is 5.89. The van der Waals surface area contributed by atoms with E-state index >= 15 is 0 Å². The van der Waals surface area contributed by atoms with Crippen molar-refractivity contribution in [1.29, 1.82) is 0 Å². The number of nitrogens with zero attached hydrogens (tertiary/aromatic N) is 1. The first kappa shape index (κ1) is 10.4. The first-order valence-electron chi connectivity index (χ1n) is 4.25. The Hall–Kier alpha value is -1.68. The van der Waals surface area contributed by atoms with Crippen LogP contribution in [0.2, 0.25) is 0 Å². The van der Waals surface area contributed by atoms with E-state index in [1.807, 2.05) is 13.1 Å². The first-order chi connectivity index (χ1) is 6.75. The highest BCUT2D eigenvalue weighted by Gasteiger charge is 2.07. The Morgan fingerprint density at radius 1 is 1.71 bits per heavy atom. The fraction of sp³-hybridized carbons (Fsp3) is 0.200. The van der Waals surface area contributed by atoms with Crippen molar-refractivity contribution >= 4 is 12.0 Å². The van der Waals surface area contributed by atoms with Crippen molar-refractivity contribution in [3.05, 3.63) is 35.7 Å². The number of carboxylic acids is 1. The van der Waals surface area contributed by atoms with E-state index in [-0.39, 0.29) is 5.69 Å². The Kier molecular flexibility index (Phi) is 3.82. The van der Waals surface area contributed by atoms with Crippen LogP contribution >= 0.6 is 0 Å². The molecule has 2 N–H and O–H groups in total. The van der Waals surface area contributed by atoms with Crippen molar-refractivity contribution in [3.8, 4) is 0 Å². The van der Waals surface area contributed by atoms with E-state index in [9.17, 15) is 4.79 Å². The van der Waals surface area contributed by atoms with Crippen LogP contribution in [0.15, 0.2) is 24.4 Å². The van der Waals surface area contributed by atoms with Crippen LogP contribution in [0.25, 0.3) is 6.08 Å². The van der Waals surface area contributed by atoms with Gasteiger partial charge in [-0.2, -0.15) is 0 Å². The standard InChI is InChI=1S/C10H12N2O2/c1-11-6-2-4-8-5-3-7-12-9(8)10(13)14/h2-5,7,11H,6H2,1H3,(H,13,14). The van der Waals surface area contributed by atoms with E-state index in [4.69, 9.17) is 5.11 Å². The second-order valence-electron chi connectivity index (χ2n) is 2.71.